The lowest BCUT2D eigenvalue weighted by atomic mass is 9.70. The van der Waals surface area contributed by atoms with E-state index in [1.807, 2.05) is 12.2 Å². The van der Waals surface area contributed by atoms with Crippen molar-refractivity contribution in [1.82, 2.24) is 0 Å². The SMILES string of the molecule is O=C1C2=C(CCCC2)C(=O)C2=C1CC1=C(C=CCC1)C2=O. The van der Waals surface area contributed by atoms with Crippen molar-refractivity contribution in [3.8, 4) is 0 Å². The summed E-state index contributed by atoms with van der Waals surface area (Å²) in [6.07, 6.45) is 9.25. The fourth-order valence-corrected chi connectivity index (χ4v) is 3.88. The van der Waals surface area contributed by atoms with Crippen molar-refractivity contribution in [3.05, 3.63) is 45.6 Å². The standard InChI is InChI=1S/C18H16O3/c19-16-12-7-3-4-8-13(12)18(21)15-14(16)9-10-5-1-2-6-11(10)17(15)20/h2,6H,1,3-5,7-9H2. The molecule has 0 aromatic carbocycles. The summed E-state index contributed by atoms with van der Waals surface area (Å²) in [4.78, 5) is 38.0. The van der Waals surface area contributed by atoms with Gasteiger partial charge in [-0.3, -0.25) is 14.4 Å². The van der Waals surface area contributed by atoms with Crippen LogP contribution < -0.4 is 0 Å². The van der Waals surface area contributed by atoms with Gasteiger partial charge in [0.1, 0.15) is 0 Å². The van der Waals surface area contributed by atoms with E-state index >= 15 is 0 Å². The molecular weight excluding hydrogens is 264 g/mol. The molecule has 21 heavy (non-hydrogen) atoms. The Hall–Kier alpha value is -2.03. The summed E-state index contributed by atoms with van der Waals surface area (Å²) in [6.45, 7) is 0. The number of carbonyl (C=O) groups is 3. The van der Waals surface area contributed by atoms with Crippen LogP contribution >= 0.6 is 0 Å². The molecule has 0 aromatic rings. The third-order valence-corrected chi connectivity index (χ3v) is 4.96. The molecule has 0 amide bonds. The molecule has 0 radical (unpaired) electrons. The quantitative estimate of drug-likeness (QED) is 0.506. The Labute approximate surface area is 123 Å². The maximum absolute atomic E-state index is 12.7. The summed E-state index contributed by atoms with van der Waals surface area (Å²) in [5.74, 6) is -0.429. The zero-order valence-corrected chi connectivity index (χ0v) is 11.8. The van der Waals surface area contributed by atoms with Crippen molar-refractivity contribution in [2.24, 2.45) is 0 Å². The number of allylic oxidation sites excluding steroid dienone is 8. The molecular formula is C18H16O3. The van der Waals surface area contributed by atoms with Gasteiger partial charge in [0.2, 0.25) is 0 Å². The van der Waals surface area contributed by atoms with E-state index in [0.29, 0.717) is 41.6 Å². The predicted octanol–water partition coefficient (Wildman–Crippen LogP) is 2.92. The molecule has 0 heterocycles. The second-order valence-electron chi connectivity index (χ2n) is 6.14. The van der Waals surface area contributed by atoms with Gasteiger partial charge >= 0.3 is 0 Å². The molecule has 0 N–H and O–H groups in total. The van der Waals surface area contributed by atoms with Crippen molar-refractivity contribution in [1.29, 1.82) is 0 Å². The summed E-state index contributed by atoms with van der Waals surface area (Å²) in [5, 5.41) is 0. The smallest absolute Gasteiger partial charge is 0.197 e. The van der Waals surface area contributed by atoms with Crippen LogP contribution in [0, 0.1) is 0 Å². The lowest BCUT2D eigenvalue weighted by Gasteiger charge is -2.30. The van der Waals surface area contributed by atoms with Gasteiger partial charge in [0.15, 0.2) is 17.3 Å². The monoisotopic (exact) mass is 280 g/mol. The molecule has 4 aliphatic carbocycles. The maximum Gasteiger partial charge on any atom is 0.197 e. The van der Waals surface area contributed by atoms with E-state index in [0.717, 1.165) is 31.3 Å². The lowest BCUT2D eigenvalue weighted by Crippen LogP contribution is -2.33. The highest BCUT2D eigenvalue weighted by atomic mass is 16.2. The van der Waals surface area contributed by atoms with Gasteiger partial charge in [-0.05, 0) is 44.9 Å². The molecule has 0 aromatic heterocycles. The van der Waals surface area contributed by atoms with Crippen LogP contribution in [0.3, 0.4) is 0 Å². The Bertz CT molecular complexity index is 726. The topological polar surface area (TPSA) is 51.2 Å². The van der Waals surface area contributed by atoms with Crippen molar-refractivity contribution in [2.45, 2.75) is 44.9 Å². The van der Waals surface area contributed by atoms with Crippen molar-refractivity contribution < 1.29 is 14.4 Å². The second kappa shape index (κ2) is 4.48. The van der Waals surface area contributed by atoms with E-state index in [4.69, 9.17) is 0 Å². The first-order valence-corrected chi connectivity index (χ1v) is 7.66. The minimum Gasteiger partial charge on any atom is -0.289 e. The first-order chi connectivity index (χ1) is 10.2. The van der Waals surface area contributed by atoms with Crippen LogP contribution in [-0.2, 0) is 14.4 Å². The van der Waals surface area contributed by atoms with E-state index in [-0.39, 0.29) is 22.9 Å². The Morgan fingerprint density at radius 1 is 0.762 bits per heavy atom. The molecule has 0 spiro atoms. The highest BCUT2D eigenvalue weighted by molar-refractivity contribution is 6.39. The van der Waals surface area contributed by atoms with Gasteiger partial charge < -0.3 is 0 Å². The molecule has 4 aliphatic rings. The van der Waals surface area contributed by atoms with Gasteiger partial charge in [0, 0.05) is 22.3 Å². The zero-order valence-electron chi connectivity index (χ0n) is 11.8. The molecule has 0 saturated carbocycles. The second-order valence-corrected chi connectivity index (χ2v) is 6.14. The number of rotatable bonds is 0. The Kier molecular flexibility index (Phi) is 2.71. The molecule has 3 heteroatoms. The van der Waals surface area contributed by atoms with Gasteiger partial charge in [-0.25, -0.2) is 0 Å². The largest absolute Gasteiger partial charge is 0.289 e. The maximum atomic E-state index is 12.7. The number of carbonyl (C=O) groups excluding carboxylic acids is 3. The Morgan fingerprint density at radius 3 is 2.24 bits per heavy atom. The van der Waals surface area contributed by atoms with Crippen molar-refractivity contribution in [3.63, 3.8) is 0 Å². The Balaban J connectivity index is 1.83. The molecule has 0 bridgehead atoms. The normalized spacial score (nSPS) is 25.2. The number of hydrogen-bond donors (Lipinski definition) is 0. The third kappa shape index (κ3) is 1.70. The minimum absolute atomic E-state index is 0.0336. The van der Waals surface area contributed by atoms with Crippen LogP contribution in [0.1, 0.15) is 44.9 Å². The number of Topliss-reactive ketones (excluding diaryl/α,β-unsaturated/α-hetero) is 3. The first-order valence-electron chi connectivity index (χ1n) is 7.66. The van der Waals surface area contributed by atoms with Crippen LogP contribution in [0.2, 0.25) is 0 Å². The molecule has 0 fully saturated rings. The van der Waals surface area contributed by atoms with E-state index < -0.39 is 0 Å². The van der Waals surface area contributed by atoms with Gasteiger partial charge in [-0.15, -0.1) is 0 Å². The summed E-state index contributed by atoms with van der Waals surface area (Å²) >= 11 is 0. The third-order valence-electron chi connectivity index (χ3n) is 4.96. The van der Waals surface area contributed by atoms with E-state index in [9.17, 15) is 14.4 Å². The molecule has 0 aliphatic heterocycles. The van der Waals surface area contributed by atoms with Gasteiger partial charge in [0.05, 0.1) is 5.57 Å². The first kappa shape index (κ1) is 12.7. The Morgan fingerprint density at radius 2 is 1.48 bits per heavy atom. The summed E-state index contributed by atoms with van der Waals surface area (Å²) in [7, 11) is 0. The van der Waals surface area contributed by atoms with E-state index in [1.54, 1.807) is 0 Å². The van der Waals surface area contributed by atoms with Crippen LogP contribution in [0.15, 0.2) is 45.6 Å². The van der Waals surface area contributed by atoms with Gasteiger partial charge in [0.25, 0.3) is 0 Å². The van der Waals surface area contributed by atoms with Gasteiger partial charge in [-0.2, -0.15) is 0 Å². The molecule has 106 valence electrons. The van der Waals surface area contributed by atoms with Crippen LogP contribution in [0.5, 0.6) is 0 Å². The predicted molar refractivity (Wildman–Crippen MR) is 77.6 cm³/mol. The number of ketones is 3. The van der Waals surface area contributed by atoms with Crippen LogP contribution in [0.4, 0.5) is 0 Å². The van der Waals surface area contributed by atoms with E-state index in [1.165, 1.54) is 0 Å². The average molecular weight is 280 g/mol. The van der Waals surface area contributed by atoms with Crippen molar-refractivity contribution >= 4 is 17.3 Å². The van der Waals surface area contributed by atoms with Crippen molar-refractivity contribution in [2.75, 3.05) is 0 Å². The summed E-state index contributed by atoms with van der Waals surface area (Å²) < 4.78 is 0. The summed E-state index contributed by atoms with van der Waals surface area (Å²) in [5.41, 5.74) is 3.63. The molecule has 0 saturated heterocycles. The molecule has 0 atom stereocenters. The molecule has 3 nitrogen and oxygen atoms in total. The lowest BCUT2D eigenvalue weighted by molar-refractivity contribution is -0.121. The van der Waals surface area contributed by atoms with Gasteiger partial charge in [-0.1, -0.05) is 17.7 Å². The number of hydrogen-bond acceptors (Lipinski definition) is 3. The molecule has 4 rings (SSSR count). The average Bonchev–Trinajstić information content (AvgIpc) is 2.52. The van der Waals surface area contributed by atoms with Crippen LogP contribution in [-0.4, -0.2) is 17.3 Å². The highest BCUT2D eigenvalue weighted by Crippen LogP contribution is 2.42. The highest BCUT2D eigenvalue weighted by Gasteiger charge is 2.41. The summed E-state index contributed by atoms with van der Waals surface area (Å²) in [6, 6.07) is 0. The fraction of sp³-hybridized carbons (Fsp3) is 0.389. The van der Waals surface area contributed by atoms with E-state index in [2.05, 4.69) is 0 Å². The fourth-order valence-electron chi connectivity index (χ4n) is 3.88. The zero-order chi connectivity index (χ0) is 14.6. The van der Waals surface area contributed by atoms with Crippen LogP contribution in [0.25, 0.3) is 0 Å². The molecule has 0 unspecified atom stereocenters. The minimum atomic E-state index is -0.224.